The molecule has 4 N–H and O–H groups in total. The van der Waals surface area contributed by atoms with E-state index in [1.165, 1.54) is 0 Å². The Labute approximate surface area is 78.1 Å². The van der Waals surface area contributed by atoms with Crippen molar-refractivity contribution in [1.29, 1.82) is 0 Å². The number of amides is 2. The first-order valence-corrected chi connectivity index (χ1v) is 4.38. The van der Waals surface area contributed by atoms with Gasteiger partial charge in [-0.15, -0.1) is 0 Å². The van der Waals surface area contributed by atoms with Crippen LogP contribution in [0.25, 0.3) is 0 Å². The molecule has 0 atom stereocenters. The van der Waals surface area contributed by atoms with Crippen molar-refractivity contribution in [2.45, 2.75) is 19.3 Å². The van der Waals surface area contributed by atoms with Crippen molar-refractivity contribution >= 4 is 11.8 Å². The molecule has 5 heteroatoms. The normalized spacial score (nSPS) is 9.38. The average molecular weight is 187 g/mol. The number of nitrogens with two attached hydrogens (primary N) is 1. The van der Waals surface area contributed by atoms with Crippen LogP contribution < -0.4 is 16.4 Å². The summed E-state index contributed by atoms with van der Waals surface area (Å²) in [6.45, 7) is 0.909. The molecule has 0 aromatic rings. The second-order valence-corrected chi connectivity index (χ2v) is 2.67. The van der Waals surface area contributed by atoms with E-state index in [1.807, 2.05) is 0 Å². The van der Waals surface area contributed by atoms with Gasteiger partial charge in [-0.25, -0.2) is 0 Å². The van der Waals surface area contributed by atoms with Crippen molar-refractivity contribution in [2.75, 3.05) is 20.1 Å². The van der Waals surface area contributed by atoms with Gasteiger partial charge in [0.05, 0.1) is 0 Å². The summed E-state index contributed by atoms with van der Waals surface area (Å²) >= 11 is 0. The predicted molar refractivity (Wildman–Crippen MR) is 50.0 cm³/mol. The summed E-state index contributed by atoms with van der Waals surface area (Å²) in [5, 5.41) is 5.10. The first-order valence-electron chi connectivity index (χ1n) is 4.38. The second-order valence-electron chi connectivity index (χ2n) is 2.67. The molecule has 76 valence electrons. The van der Waals surface area contributed by atoms with Gasteiger partial charge in [0.15, 0.2) is 0 Å². The topological polar surface area (TPSA) is 84.2 Å². The van der Waals surface area contributed by atoms with Crippen molar-refractivity contribution in [3.63, 3.8) is 0 Å². The van der Waals surface area contributed by atoms with Crippen LogP contribution in [0, 0.1) is 0 Å². The fourth-order valence-corrected chi connectivity index (χ4v) is 0.791. The van der Waals surface area contributed by atoms with Gasteiger partial charge in [0, 0.05) is 26.4 Å². The van der Waals surface area contributed by atoms with Crippen LogP contribution in [0.15, 0.2) is 0 Å². The Morgan fingerprint density at radius 3 is 2.46 bits per heavy atom. The van der Waals surface area contributed by atoms with E-state index in [0.717, 1.165) is 0 Å². The van der Waals surface area contributed by atoms with Gasteiger partial charge in [-0.1, -0.05) is 0 Å². The van der Waals surface area contributed by atoms with Crippen LogP contribution in [-0.2, 0) is 9.59 Å². The Kier molecular flexibility index (Phi) is 6.91. The lowest BCUT2D eigenvalue weighted by Gasteiger charge is -2.03. The van der Waals surface area contributed by atoms with Crippen molar-refractivity contribution in [3.05, 3.63) is 0 Å². The number of nitrogens with one attached hydrogen (secondary N) is 2. The van der Waals surface area contributed by atoms with Gasteiger partial charge in [-0.3, -0.25) is 9.59 Å². The van der Waals surface area contributed by atoms with E-state index in [9.17, 15) is 9.59 Å². The van der Waals surface area contributed by atoms with Gasteiger partial charge in [-0.05, 0) is 13.0 Å². The maximum absolute atomic E-state index is 11.0. The highest BCUT2D eigenvalue weighted by molar-refractivity contribution is 5.78. The Balaban J connectivity index is 3.31. The van der Waals surface area contributed by atoms with Crippen molar-refractivity contribution in [1.82, 2.24) is 10.6 Å². The molecule has 0 rings (SSSR count). The van der Waals surface area contributed by atoms with Gasteiger partial charge < -0.3 is 16.4 Å². The first-order chi connectivity index (χ1) is 6.20. The van der Waals surface area contributed by atoms with Gasteiger partial charge >= 0.3 is 0 Å². The highest BCUT2D eigenvalue weighted by atomic mass is 16.2. The zero-order chi connectivity index (χ0) is 10.1. The minimum absolute atomic E-state index is 0.0469. The molecule has 0 radical (unpaired) electrons. The fraction of sp³-hybridized carbons (Fsp3) is 0.750. The largest absolute Gasteiger partial charge is 0.359 e. The average Bonchev–Trinajstić information content (AvgIpc) is 2.14. The SMILES string of the molecule is CNC(=O)CCNC(=O)CCCN. The summed E-state index contributed by atoms with van der Waals surface area (Å²) in [7, 11) is 1.57. The number of carbonyl (C=O) groups is 2. The quantitative estimate of drug-likeness (QED) is 0.497. The van der Waals surface area contributed by atoms with E-state index in [4.69, 9.17) is 5.73 Å². The summed E-state index contributed by atoms with van der Waals surface area (Å²) in [5.41, 5.74) is 5.23. The minimum atomic E-state index is -0.0703. The molecule has 0 aromatic carbocycles. The maximum Gasteiger partial charge on any atom is 0.221 e. The number of carbonyl (C=O) groups excluding carboxylic acids is 2. The van der Waals surface area contributed by atoms with Crippen molar-refractivity contribution in [3.8, 4) is 0 Å². The van der Waals surface area contributed by atoms with Gasteiger partial charge in [0.1, 0.15) is 0 Å². The smallest absolute Gasteiger partial charge is 0.221 e. The molecule has 0 bridgehead atoms. The predicted octanol–water partition coefficient (Wildman–Crippen LogP) is -1.02. The Bertz CT molecular complexity index is 171. The zero-order valence-electron chi connectivity index (χ0n) is 7.93. The molecule has 0 unspecified atom stereocenters. The summed E-state index contributed by atoms with van der Waals surface area (Å²) in [6.07, 6.45) is 1.45. The molecule has 0 fully saturated rings. The molecule has 0 aliphatic heterocycles. The molecule has 0 heterocycles. The molecule has 0 spiro atoms. The molecule has 13 heavy (non-hydrogen) atoms. The van der Waals surface area contributed by atoms with Crippen molar-refractivity contribution in [2.24, 2.45) is 5.73 Å². The lowest BCUT2D eigenvalue weighted by atomic mass is 10.3. The highest BCUT2D eigenvalue weighted by Gasteiger charge is 2.01. The highest BCUT2D eigenvalue weighted by Crippen LogP contribution is 1.85. The van der Waals surface area contributed by atoms with Crippen molar-refractivity contribution < 1.29 is 9.59 Å². The third kappa shape index (κ3) is 7.27. The van der Waals surface area contributed by atoms with E-state index in [-0.39, 0.29) is 11.8 Å². The van der Waals surface area contributed by atoms with Crippen LogP contribution in [0.1, 0.15) is 19.3 Å². The maximum atomic E-state index is 11.0. The van der Waals surface area contributed by atoms with Crippen LogP contribution in [0.4, 0.5) is 0 Å². The van der Waals surface area contributed by atoms with Crippen LogP contribution in [0.3, 0.4) is 0 Å². The van der Waals surface area contributed by atoms with Crippen LogP contribution in [0.5, 0.6) is 0 Å². The molecule has 0 aromatic heterocycles. The molecule has 5 nitrogen and oxygen atoms in total. The van der Waals surface area contributed by atoms with E-state index in [1.54, 1.807) is 7.05 Å². The summed E-state index contributed by atoms with van der Waals surface area (Å²) < 4.78 is 0. The van der Waals surface area contributed by atoms with Crippen LogP contribution in [-0.4, -0.2) is 32.0 Å². The van der Waals surface area contributed by atoms with Crippen LogP contribution in [0.2, 0.25) is 0 Å². The monoisotopic (exact) mass is 187 g/mol. The number of hydrogen-bond acceptors (Lipinski definition) is 3. The minimum Gasteiger partial charge on any atom is -0.359 e. The number of hydrogen-bond donors (Lipinski definition) is 3. The standard InChI is InChI=1S/C8H17N3O2/c1-10-7(12)4-6-11-8(13)3-2-5-9/h2-6,9H2,1H3,(H,10,12)(H,11,13). The fourth-order valence-electron chi connectivity index (χ4n) is 0.791. The first kappa shape index (κ1) is 11.9. The second kappa shape index (κ2) is 7.54. The molecule has 0 saturated carbocycles. The third-order valence-corrected chi connectivity index (χ3v) is 1.56. The van der Waals surface area contributed by atoms with E-state index >= 15 is 0 Å². The zero-order valence-corrected chi connectivity index (χ0v) is 7.93. The third-order valence-electron chi connectivity index (χ3n) is 1.56. The Hall–Kier alpha value is -1.10. The van der Waals surface area contributed by atoms with E-state index in [0.29, 0.717) is 32.4 Å². The number of rotatable bonds is 6. The van der Waals surface area contributed by atoms with Gasteiger partial charge in [0.2, 0.25) is 11.8 Å². The molecule has 0 saturated heterocycles. The Morgan fingerprint density at radius 2 is 1.92 bits per heavy atom. The van der Waals surface area contributed by atoms with Crippen LogP contribution >= 0.6 is 0 Å². The van der Waals surface area contributed by atoms with Gasteiger partial charge in [0.25, 0.3) is 0 Å². The molecule has 0 aliphatic carbocycles. The lowest BCUT2D eigenvalue weighted by Crippen LogP contribution is -2.29. The summed E-state index contributed by atoms with van der Waals surface area (Å²) in [6, 6.07) is 0. The summed E-state index contributed by atoms with van der Waals surface area (Å²) in [4.78, 5) is 21.7. The molecular formula is C8H17N3O2. The molecule has 0 aliphatic rings. The molecular weight excluding hydrogens is 170 g/mol. The Morgan fingerprint density at radius 1 is 1.23 bits per heavy atom. The van der Waals surface area contributed by atoms with Gasteiger partial charge in [-0.2, -0.15) is 0 Å². The summed E-state index contributed by atoms with van der Waals surface area (Å²) in [5.74, 6) is -0.117. The lowest BCUT2D eigenvalue weighted by molar-refractivity contribution is -0.122. The van der Waals surface area contributed by atoms with E-state index in [2.05, 4.69) is 10.6 Å². The van der Waals surface area contributed by atoms with E-state index < -0.39 is 0 Å². The molecule has 2 amide bonds.